The lowest BCUT2D eigenvalue weighted by atomic mass is 10.0. The number of carbonyl (C=O) groups excluding carboxylic acids is 2. The normalized spacial score (nSPS) is 27.3. The van der Waals surface area contributed by atoms with Crippen molar-refractivity contribution in [3.63, 3.8) is 0 Å². The predicted octanol–water partition coefficient (Wildman–Crippen LogP) is -0.108. The smallest absolute Gasteiger partial charge is 0.411 e. The zero-order chi connectivity index (χ0) is 14.8. The van der Waals surface area contributed by atoms with Crippen molar-refractivity contribution in [2.45, 2.75) is 44.4 Å². The van der Waals surface area contributed by atoms with Crippen LogP contribution in [0.25, 0.3) is 0 Å². The Hall–Kier alpha value is -1.34. The van der Waals surface area contributed by atoms with E-state index in [0.29, 0.717) is 0 Å². The van der Waals surface area contributed by atoms with Gasteiger partial charge in [-0.3, -0.25) is 4.90 Å². The molecule has 2 N–H and O–H groups in total. The van der Waals surface area contributed by atoms with Crippen LogP contribution >= 0.6 is 0 Å². The Balaban J connectivity index is 2.89. The number of ether oxygens (including phenoxy) is 2. The molecule has 1 fully saturated rings. The molecule has 1 unspecified atom stereocenters. The number of methoxy groups -OCH3 is 1. The van der Waals surface area contributed by atoms with Crippen LogP contribution < -0.4 is 0 Å². The number of likely N-dealkylation sites (tertiary alicyclic amines) is 1. The monoisotopic (exact) mass is 275 g/mol. The van der Waals surface area contributed by atoms with E-state index in [1.165, 1.54) is 7.11 Å². The van der Waals surface area contributed by atoms with Gasteiger partial charge in [0.25, 0.3) is 0 Å². The highest BCUT2D eigenvalue weighted by Crippen LogP contribution is 2.29. The number of rotatable bonds is 2. The predicted molar refractivity (Wildman–Crippen MR) is 65.4 cm³/mol. The highest BCUT2D eigenvalue weighted by atomic mass is 16.6. The largest absolute Gasteiger partial charge is 0.467 e. The van der Waals surface area contributed by atoms with Gasteiger partial charge in [0, 0.05) is 6.42 Å². The van der Waals surface area contributed by atoms with E-state index < -0.39 is 35.9 Å². The molecule has 0 aliphatic carbocycles. The molecule has 7 nitrogen and oxygen atoms in total. The molecule has 1 heterocycles. The van der Waals surface area contributed by atoms with Gasteiger partial charge >= 0.3 is 12.1 Å². The molecule has 0 aromatic rings. The van der Waals surface area contributed by atoms with Gasteiger partial charge in [0.2, 0.25) is 0 Å². The number of esters is 1. The van der Waals surface area contributed by atoms with Crippen molar-refractivity contribution in [2.75, 3.05) is 20.3 Å². The van der Waals surface area contributed by atoms with Crippen LogP contribution in [0.2, 0.25) is 0 Å². The highest BCUT2D eigenvalue weighted by molar-refractivity contribution is 5.82. The number of aliphatic hydroxyl groups is 2. The van der Waals surface area contributed by atoms with E-state index in [1.807, 2.05) is 0 Å². The Bertz CT molecular complexity index is 364. The van der Waals surface area contributed by atoms with E-state index in [9.17, 15) is 14.7 Å². The maximum absolute atomic E-state index is 12.0. The minimum atomic E-state index is -1.50. The van der Waals surface area contributed by atoms with Gasteiger partial charge in [-0.25, -0.2) is 9.59 Å². The summed E-state index contributed by atoms with van der Waals surface area (Å²) in [7, 11) is 1.20. The zero-order valence-electron chi connectivity index (χ0n) is 11.7. The van der Waals surface area contributed by atoms with Crippen molar-refractivity contribution >= 4 is 12.1 Å². The molecule has 1 amide bonds. The molecule has 1 saturated heterocycles. The molecule has 1 aliphatic heterocycles. The second-order valence-corrected chi connectivity index (χ2v) is 5.73. The molecule has 7 heteroatoms. The van der Waals surface area contributed by atoms with E-state index in [4.69, 9.17) is 9.84 Å². The number of amides is 1. The number of hydrogen-bond acceptors (Lipinski definition) is 6. The Kier molecular flexibility index (Phi) is 4.42. The summed E-state index contributed by atoms with van der Waals surface area (Å²) in [6.07, 6.45) is -0.789. The molecule has 110 valence electrons. The van der Waals surface area contributed by atoms with E-state index in [2.05, 4.69) is 4.74 Å². The van der Waals surface area contributed by atoms with Gasteiger partial charge in [-0.05, 0) is 20.8 Å². The van der Waals surface area contributed by atoms with Gasteiger partial charge in [0.15, 0.2) is 0 Å². The standard InChI is InChI=1S/C12H21NO6/c1-11(2,3)19-10(16)13-6-12(17,7-14)5-8(13)9(15)18-4/h8,14,17H,5-7H2,1-4H3/t8-,12?/m0/s1. The molecule has 0 aromatic heterocycles. The fourth-order valence-corrected chi connectivity index (χ4v) is 1.94. The Morgan fingerprint density at radius 2 is 2.00 bits per heavy atom. The first-order chi connectivity index (χ1) is 8.62. The van der Waals surface area contributed by atoms with Gasteiger partial charge < -0.3 is 19.7 Å². The van der Waals surface area contributed by atoms with Crippen LogP contribution in [0.5, 0.6) is 0 Å². The lowest BCUT2D eigenvalue weighted by molar-refractivity contribution is -0.145. The number of aliphatic hydroxyl groups excluding tert-OH is 1. The molecule has 0 radical (unpaired) electrons. The lowest BCUT2D eigenvalue weighted by Crippen LogP contribution is -2.44. The molecule has 0 saturated carbocycles. The first kappa shape index (κ1) is 15.7. The van der Waals surface area contributed by atoms with Crippen molar-refractivity contribution in [2.24, 2.45) is 0 Å². The zero-order valence-corrected chi connectivity index (χ0v) is 11.7. The lowest BCUT2D eigenvalue weighted by Gasteiger charge is -2.27. The summed E-state index contributed by atoms with van der Waals surface area (Å²) in [5.74, 6) is -0.643. The van der Waals surface area contributed by atoms with Crippen LogP contribution in [0.15, 0.2) is 0 Å². The van der Waals surface area contributed by atoms with Crippen molar-refractivity contribution < 1.29 is 29.3 Å². The summed E-state index contributed by atoms with van der Waals surface area (Å²) in [4.78, 5) is 24.7. The molecule has 0 bridgehead atoms. The average molecular weight is 275 g/mol. The topological polar surface area (TPSA) is 96.3 Å². The summed E-state index contributed by atoms with van der Waals surface area (Å²) in [5.41, 5.74) is -2.21. The summed E-state index contributed by atoms with van der Waals surface area (Å²) in [6, 6.07) is -0.947. The average Bonchev–Trinajstić information content (AvgIpc) is 2.65. The van der Waals surface area contributed by atoms with Crippen molar-refractivity contribution in [1.82, 2.24) is 4.90 Å². The Morgan fingerprint density at radius 3 is 2.42 bits per heavy atom. The fourth-order valence-electron chi connectivity index (χ4n) is 1.94. The third kappa shape index (κ3) is 3.81. The SMILES string of the molecule is COC(=O)[C@@H]1CC(O)(CO)CN1C(=O)OC(C)(C)C. The van der Waals surface area contributed by atoms with Crippen molar-refractivity contribution in [3.8, 4) is 0 Å². The van der Waals surface area contributed by atoms with Gasteiger partial charge in [0.05, 0.1) is 20.3 Å². The molecule has 0 spiro atoms. The number of β-amino-alcohol motifs (C(OH)–C–C–N with tert-alkyl or cyclic N) is 1. The number of carbonyl (C=O) groups is 2. The van der Waals surface area contributed by atoms with Crippen LogP contribution in [0.4, 0.5) is 4.79 Å². The first-order valence-corrected chi connectivity index (χ1v) is 6.02. The van der Waals surface area contributed by atoms with Crippen LogP contribution in [-0.2, 0) is 14.3 Å². The van der Waals surface area contributed by atoms with Gasteiger partial charge in [-0.15, -0.1) is 0 Å². The van der Waals surface area contributed by atoms with E-state index in [1.54, 1.807) is 20.8 Å². The molecule has 1 aliphatic rings. The third-order valence-electron chi connectivity index (χ3n) is 2.81. The molecular formula is C12H21NO6. The third-order valence-corrected chi connectivity index (χ3v) is 2.81. The Morgan fingerprint density at radius 1 is 1.42 bits per heavy atom. The Labute approximate surface area is 112 Å². The molecule has 0 aromatic carbocycles. The van der Waals surface area contributed by atoms with E-state index in [0.717, 1.165) is 4.90 Å². The molecule has 19 heavy (non-hydrogen) atoms. The maximum Gasteiger partial charge on any atom is 0.411 e. The fraction of sp³-hybridized carbons (Fsp3) is 0.833. The van der Waals surface area contributed by atoms with E-state index in [-0.39, 0.29) is 13.0 Å². The van der Waals surface area contributed by atoms with Crippen molar-refractivity contribution in [3.05, 3.63) is 0 Å². The maximum atomic E-state index is 12.0. The van der Waals surface area contributed by atoms with Gasteiger partial charge in [0.1, 0.15) is 17.2 Å². The second kappa shape index (κ2) is 5.34. The van der Waals surface area contributed by atoms with Crippen molar-refractivity contribution in [1.29, 1.82) is 0 Å². The first-order valence-electron chi connectivity index (χ1n) is 6.02. The summed E-state index contributed by atoms with van der Waals surface area (Å²) < 4.78 is 9.77. The van der Waals surface area contributed by atoms with Gasteiger partial charge in [-0.2, -0.15) is 0 Å². The molecular weight excluding hydrogens is 254 g/mol. The summed E-state index contributed by atoms with van der Waals surface area (Å²) in [5, 5.41) is 19.2. The minimum Gasteiger partial charge on any atom is -0.467 e. The summed E-state index contributed by atoms with van der Waals surface area (Å²) in [6.45, 7) is 4.39. The quantitative estimate of drug-likeness (QED) is 0.683. The minimum absolute atomic E-state index is 0.0740. The number of hydrogen-bond donors (Lipinski definition) is 2. The van der Waals surface area contributed by atoms with Crippen LogP contribution in [0, 0.1) is 0 Å². The van der Waals surface area contributed by atoms with E-state index >= 15 is 0 Å². The van der Waals surface area contributed by atoms with Crippen LogP contribution in [0.1, 0.15) is 27.2 Å². The second-order valence-electron chi connectivity index (χ2n) is 5.73. The van der Waals surface area contributed by atoms with Crippen LogP contribution in [-0.4, -0.2) is 64.7 Å². The highest BCUT2D eigenvalue weighted by Gasteiger charge is 2.49. The van der Waals surface area contributed by atoms with Crippen LogP contribution in [0.3, 0.4) is 0 Å². The summed E-state index contributed by atoms with van der Waals surface area (Å²) >= 11 is 0. The molecule has 1 rings (SSSR count). The van der Waals surface area contributed by atoms with Gasteiger partial charge in [-0.1, -0.05) is 0 Å². The molecule has 2 atom stereocenters. The number of nitrogens with zero attached hydrogens (tertiary/aromatic N) is 1.